The molecule has 0 radical (unpaired) electrons. The summed E-state index contributed by atoms with van der Waals surface area (Å²) in [5.41, 5.74) is 0.786. The van der Waals surface area contributed by atoms with Gasteiger partial charge in [-0.2, -0.15) is 0 Å². The minimum Gasteiger partial charge on any atom is -0.457 e. The molecule has 0 unspecified atom stereocenters. The first-order valence-electron chi connectivity index (χ1n) is 8.82. The minimum absolute atomic E-state index is 0.00478. The highest BCUT2D eigenvalue weighted by molar-refractivity contribution is 6.51. The van der Waals surface area contributed by atoms with E-state index >= 15 is 0 Å². The van der Waals surface area contributed by atoms with Crippen LogP contribution in [0.1, 0.15) is 22.8 Å². The van der Waals surface area contributed by atoms with Gasteiger partial charge in [0, 0.05) is 30.2 Å². The van der Waals surface area contributed by atoms with Crippen LogP contribution in [0.3, 0.4) is 0 Å². The van der Waals surface area contributed by atoms with Gasteiger partial charge in [-0.15, -0.1) is 0 Å². The van der Waals surface area contributed by atoms with Crippen molar-refractivity contribution in [1.82, 2.24) is 0 Å². The molecule has 0 heterocycles. The van der Waals surface area contributed by atoms with Crippen LogP contribution in [0.2, 0.25) is 0 Å². The summed E-state index contributed by atoms with van der Waals surface area (Å²) in [5.74, 6) is -0.202. The highest BCUT2D eigenvalue weighted by Gasteiger charge is 2.18. The summed E-state index contributed by atoms with van der Waals surface area (Å²) < 4.78 is 5.64. The summed E-state index contributed by atoms with van der Waals surface area (Å²) in [5, 5.41) is 14.4. The third-order valence-electron chi connectivity index (χ3n) is 3.93. The molecule has 30 heavy (non-hydrogen) atoms. The molecule has 0 bridgehead atoms. The Labute approximate surface area is 171 Å². The predicted octanol–water partition coefficient (Wildman–Crippen LogP) is 4.54. The Bertz CT molecular complexity index is 1090. The van der Waals surface area contributed by atoms with Gasteiger partial charge in [0.25, 0.3) is 5.69 Å². The topological polar surface area (TPSA) is 108 Å². The van der Waals surface area contributed by atoms with Gasteiger partial charge in [0.05, 0.1) is 4.92 Å². The van der Waals surface area contributed by atoms with E-state index in [9.17, 15) is 19.7 Å². The largest absolute Gasteiger partial charge is 0.457 e. The molecule has 3 aromatic rings. The Morgan fingerprint density at radius 2 is 1.40 bits per heavy atom. The Hall–Kier alpha value is -4.33. The smallest absolute Gasteiger partial charge is 0.332 e. The molecule has 0 saturated heterocycles. The zero-order chi connectivity index (χ0) is 21.5. The van der Waals surface area contributed by atoms with Crippen LogP contribution in [0.4, 0.5) is 5.69 Å². The number of carbonyl (C=O) groups excluding carboxylic acids is 2. The molecule has 8 heteroatoms. The first-order chi connectivity index (χ1) is 14.4. The molecule has 0 spiro atoms. The number of rotatable bonds is 7. The van der Waals surface area contributed by atoms with E-state index in [0.717, 1.165) is 0 Å². The summed E-state index contributed by atoms with van der Waals surface area (Å²) in [7, 11) is 0. The van der Waals surface area contributed by atoms with Crippen LogP contribution < -0.4 is 4.74 Å². The summed E-state index contributed by atoms with van der Waals surface area (Å²) in [6.45, 7) is 1.20. The number of hydrogen-bond donors (Lipinski definition) is 0. The molecule has 0 fully saturated rings. The van der Waals surface area contributed by atoms with Crippen molar-refractivity contribution in [1.29, 1.82) is 0 Å². The van der Waals surface area contributed by atoms with Crippen molar-refractivity contribution in [3.63, 3.8) is 0 Å². The Morgan fingerprint density at radius 3 is 1.93 bits per heavy atom. The molecule has 0 saturated carbocycles. The van der Waals surface area contributed by atoms with Crippen molar-refractivity contribution in [3.05, 3.63) is 100 Å². The predicted molar refractivity (Wildman–Crippen MR) is 109 cm³/mol. The standard InChI is InChI=1S/C22H16N2O6/c1-15(25)30-23-21(16-5-3-2-4-6-16)22(26)17-7-11-19(12-8-17)29-20-13-9-18(10-14-20)24(27)28/h2-14H,1H3/b23-21+. The first kappa shape index (κ1) is 20.4. The van der Waals surface area contributed by atoms with E-state index in [-0.39, 0.29) is 11.4 Å². The molecule has 0 atom stereocenters. The van der Waals surface area contributed by atoms with E-state index < -0.39 is 16.7 Å². The number of benzene rings is 3. The molecular formula is C22H16N2O6. The third-order valence-corrected chi connectivity index (χ3v) is 3.93. The van der Waals surface area contributed by atoms with Crippen molar-refractivity contribution in [3.8, 4) is 11.5 Å². The maximum atomic E-state index is 12.9. The zero-order valence-corrected chi connectivity index (χ0v) is 15.8. The van der Waals surface area contributed by atoms with E-state index in [2.05, 4.69) is 9.99 Å². The molecule has 150 valence electrons. The fraction of sp³-hybridized carbons (Fsp3) is 0.0455. The van der Waals surface area contributed by atoms with Gasteiger partial charge >= 0.3 is 5.97 Å². The second-order valence-electron chi connectivity index (χ2n) is 6.10. The van der Waals surface area contributed by atoms with E-state index in [1.165, 1.54) is 31.2 Å². The molecule has 3 aromatic carbocycles. The molecule has 0 aliphatic rings. The van der Waals surface area contributed by atoms with Crippen molar-refractivity contribution in [2.75, 3.05) is 0 Å². The van der Waals surface area contributed by atoms with E-state index in [1.807, 2.05) is 0 Å². The van der Waals surface area contributed by atoms with Gasteiger partial charge in [-0.1, -0.05) is 35.5 Å². The Balaban J connectivity index is 1.79. The number of ketones is 1. The fourth-order valence-electron chi connectivity index (χ4n) is 2.51. The number of Topliss-reactive ketones (excluding diaryl/α,β-unsaturated/α-hetero) is 1. The van der Waals surface area contributed by atoms with Crippen LogP contribution in [0, 0.1) is 10.1 Å². The second kappa shape index (κ2) is 9.24. The van der Waals surface area contributed by atoms with Crippen LogP contribution in [0.5, 0.6) is 11.5 Å². The molecule has 0 aromatic heterocycles. The Morgan fingerprint density at radius 1 is 0.833 bits per heavy atom. The molecule has 3 rings (SSSR count). The number of hydrogen-bond acceptors (Lipinski definition) is 7. The van der Waals surface area contributed by atoms with E-state index in [1.54, 1.807) is 54.6 Å². The van der Waals surface area contributed by atoms with Gasteiger partial charge in [-0.3, -0.25) is 14.9 Å². The molecular weight excluding hydrogens is 388 g/mol. The van der Waals surface area contributed by atoms with Crippen molar-refractivity contribution >= 4 is 23.2 Å². The maximum Gasteiger partial charge on any atom is 0.332 e. The number of oxime groups is 1. The number of nitro groups is 1. The number of nitrogens with zero attached hydrogens (tertiary/aromatic N) is 2. The van der Waals surface area contributed by atoms with Crippen molar-refractivity contribution < 1.29 is 24.1 Å². The highest BCUT2D eigenvalue weighted by atomic mass is 16.7. The third kappa shape index (κ3) is 5.14. The first-order valence-corrected chi connectivity index (χ1v) is 8.82. The average molecular weight is 404 g/mol. The summed E-state index contributed by atoms with van der Waals surface area (Å²) in [4.78, 5) is 38.9. The van der Waals surface area contributed by atoms with Crippen LogP contribution in [0.25, 0.3) is 0 Å². The number of non-ortho nitro benzene ring substituents is 1. The summed E-state index contributed by atoms with van der Waals surface area (Å²) in [6, 6.07) is 20.6. The van der Waals surface area contributed by atoms with Gasteiger partial charge < -0.3 is 9.57 Å². The molecule has 0 N–H and O–H groups in total. The lowest BCUT2D eigenvalue weighted by Gasteiger charge is -2.08. The van der Waals surface area contributed by atoms with Crippen molar-refractivity contribution in [2.24, 2.45) is 5.16 Å². The lowest BCUT2D eigenvalue weighted by atomic mass is 10.0. The quantitative estimate of drug-likeness (QED) is 0.188. The zero-order valence-electron chi connectivity index (χ0n) is 15.8. The molecule has 0 aliphatic carbocycles. The van der Waals surface area contributed by atoms with Gasteiger partial charge in [-0.05, 0) is 36.4 Å². The monoisotopic (exact) mass is 404 g/mol. The lowest BCUT2D eigenvalue weighted by molar-refractivity contribution is -0.384. The van der Waals surface area contributed by atoms with Gasteiger partial charge in [0.1, 0.15) is 11.5 Å². The number of ether oxygens (including phenoxy) is 1. The lowest BCUT2D eigenvalue weighted by Crippen LogP contribution is -2.17. The van der Waals surface area contributed by atoms with Crippen LogP contribution in [-0.4, -0.2) is 22.4 Å². The van der Waals surface area contributed by atoms with E-state index in [0.29, 0.717) is 22.6 Å². The highest BCUT2D eigenvalue weighted by Crippen LogP contribution is 2.24. The summed E-state index contributed by atoms with van der Waals surface area (Å²) >= 11 is 0. The Kier molecular flexibility index (Phi) is 6.29. The van der Waals surface area contributed by atoms with Crippen LogP contribution >= 0.6 is 0 Å². The summed E-state index contributed by atoms with van der Waals surface area (Å²) in [6.07, 6.45) is 0. The average Bonchev–Trinajstić information content (AvgIpc) is 2.75. The second-order valence-corrected chi connectivity index (χ2v) is 6.10. The maximum absolute atomic E-state index is 12.9. The van der Waals surface area contributed by atoms with Gasteiger partial charge in [-0.25, -0.2) is 4.79 Å². The van der Waals surface area contributed by atoms with E-state index in [4.69, 9.17) is 4.74 Å². The van der Waals surface area contributed by atoms with Gasteiger partial charge in [0.15, 0.2) is 5.71 Å². The van der Waals surface area contributed by atoms with Crippen LogP contribution in [0.15, 0.2) is 84.0 Å². The normalized spacial score (nSPS) is 10.9. The van der Waals surface area contributed by atoms with Gasteiger partial charge in [0.2, 0.25) is 5.78 Å². The fourth-order valence-corrected chi connectivity index (χ4v) is 2.51. The number of carbonyl (C=O) groups is 2. The number of nitro benzene ring substituents is 1. The van der Waals surface area contributed by atoms with Crippen molar-refractivity contribution in [2.45, 2.75) is 6.92 Å². The molecule has 0 aliphatic heterocycles. The minimum atomic E-state index is -0.636. The molecule has 8 nitrogen and oxygen atoms in total. The van der Waals surface area contributed by atoms with Crippen LogP contribution in [-0.2, 0) is 9.63 Å². The SMILES string of the molecule is CC(=O)O/N=C(/C(=O)c1ccc(Oc2ccc([N+](=O)[O-])cc2)cc1)c1ccccc1. The molecule has 0 amide bonds.